The van der Waals surface area contributed by atoms with Gasteiger partial charge in [0.05, 0.1) is 6.61 Å². The van der Waals surface area contributed by atoms with Crippen molar-refractivity contribution in [2.24, 2.45) is 0 Å². The number of nitrogens with zero attached hydrogens (tertiary/aromatic N) is 3. The lowest BCUT2D eigenvalue weighted by Crippen LogP contribution is -2.50. The molecule has 0 bridgehead atoms. The molecule has 4 rings (SSSR count). The summed E-state index contributed by atoms with van der Waals surface area (Å²) in [6.45, 7) is 5.29. The van der Waals surface area contributed by atoms with E-state index in [0.717, 1.165) is 12.0 Å². The normalized spacial score (nSPS) is 21.7. The van der Waals surface area contributed by atoms with Gasteiger partial charge in [0.1, 0.15) is 5.54 Å². The zero-order valence-corrected chi connectivity index (χ0v) is 16.3. The van der Waals surface area contributed by atoms with Gasteiger partial charge in [-0.1, -0.05) is 43.3 Å². The first kappa shape index (κ1) is 18.7. The molecule has 148 valence electrons. The van der Waals surface area contributed by atoms with Gasteiger partial charge in [-0.05, 0) is 24.3 Å². The molecule has 2 saturated heterocycles. The number of benzene rings is 1. The first-order valence-electron chi connectivity index (χ1n) is 9.90. The SMILES string of the molecule is CC(C)c1ccc(-c2noc(CCC(=O)N3CCCC34CCOC4=O)n2)cc1. The summed E-state index contributed by atoms with van der Waals surface area (Å²) < 4.78 is 10.5. The fraction of sp³-hybridized carbons (Fsp3) is 0.524. The van der Waals surface area contributed by atoms with E-state index in [1.165, 1.54) is 5.56 Å². The smallest absolute Gasteiger partial charge is 0.332 e. The molecule has 0 aliphatic carbocycles. The Kier molecular flexibility index (Phi) is 4.91. The maximum absolute atomic E-state index is 12.7. The molecule has 2 fully saturated rings. The van der Waals surface area contributed by atoms with E-state index in [9.17, 15) is 9.59 Å². The minimum atomic E-state index is -0.741. The van der Waals surface area contributed by atoms with Crippen LogP contribution >= 0.6 is 0 Å². The predicted octanol–water partition coefficient (Wildman–Crippen LogP) is 3.10. The van der Waals surface area contributed by atoms with Gasteiger partial charge in [-0.15, -0.1) is 0 Å². The van der Waals surface area contributed by atoms with Crippen molar-refractivity contribution in [2.45, 2.75) is 57.4 Å². The number of carbonyl (C=O) groups excluding carboxylic acids is 2. The Bertz CT molecular complexity index is 870. The van der Waals surface area contributed by atoms with Crippen LogP contribution in [0.25, 0.3) is 11.4 Å². The first-order chi connectivity index (χ1) is 13.5. The van der Waals surface area contributed by atoms with Gasteiger partial charge < -0.3 is 14.2 Å². The molecule has 2 aromatic rings. The summed E-state index contributed by atoms with van der Waals surface area (Å²) in [5.74, 6) is 1.10. The second-order valence-corrected chi connectivity index (χ2v) is 7.85. The lowest BCUT2D eigenvalue weighted by atomic mass is 9.94. The van der Waals surface area contributed by atoms with Crippen LogP contribution in [0.3, 0.4) is 0 Å². The highest BCUT2D eigenvalue weighted by atomic mass is 16.5. The zero-order chi connectivity index (χ0) is 19.7. The number of ether oxygens (including phenoxy) is 1. The molecule has 28 heavy (non-hydrogen) atoms. The van der Waals surface area contributed by atoms with Crippen molar-refractivity contribution in [3.05, 3.63) is 35.7 Å². The van der Waals surface area contributed by atoms with Crippen LogP contribution in [0.1, 0.15) is 56.9 Å². The Morgan fingerprint density at radius 3 is 2.71 bits per heavy atom. The second-order valence-electron chi connectivity index (χ2n) is 7.85. The summed E-state index contributed by atoms with van der Waals surface area (Å²) in [5, 5.41) is 4.03. The van der Waals surface area contributed by atoms with Gasteiger partial charge in [-0.3, -0.25) is 4.79 Å². The fourth-order valence-corrected chi connectivity index (χ4v) is 4.10. The number of amides is 1. The highest BCUT2D eigenvalue weighted by Gasteiger charge is 2.53. The van der Waals surface area contributed by atoms with E-state index in [2.05, 4.69) is 36.1 Å². The van der Waals surface area contributed by atoms with Gasteiger partial charge in [0.25, 0.3) is 0 Å². The predicted molar refractivity (Wildman–Crippen MR) is 101 cm³/mol. The van der Waals surface area contributed by atoms with Crippen molar-refractivity contribution in [3.63, 3.8) is 0 Å². The molecule has 3 heterocycles. The third-order valence-corrected chi connectivity index (χ3v) is 5.77. The van der Waals surface area contributed by atoms with Crippen LogP contribution in [0.5, 0.6) is 0 Å². The monoisotopic (exact) mass is 383 g/mol. The lowest BCUT2D eigenvalue weighted by molar-refractivity contribution is -0.152. The molecule has 0 radical (unpaired) electrons. The van der Waals surface area contributed by atoms with Crippen LogP contribution in [0, 0.1) is 0 Å². The standard InChI is InChI=1S/C21H25N3O4/c1-14(2)15-4-6-16(7-5-15)19-22-17(28-23-19)8-9-18(25)24-12-3-10-21(24)11-13-27-20(21)26/h4-7,14H,3,8-13H2,1-2H3. The fourth-order valence-electron chi connectivity index (χ4n) is 4.10. The van der Waals surface area contributed by atoms with Crippen LogP contribution in [0.15, 0.2) is 28.8 Å². The maximum atomic E-state index is 12.7. The molecule has 0 saturated carbocycles. The number of hydrogen-bond acceptors (Lipinski definition) is 6. The van der Waals surface area contributed by atoms with E-state index in [1.54, 1.807) is 4.90 Å². The van der Waals surface area contributed by atoms with E-state index in [0.29, 0.717) is 50.0 Å². The minimum absolute atomic E-state index is 0.0580. The molecule has 1 spiro atoms. The Hall–Kier alpha value is -2.70. The summed E-state index contributed by atoms with van der Waals surface area (Å²) in [7, 11) is 0. The van der Waals surface area contributed by atoms with Gasteiger partial charge in [0, 0.05) is 31.4 Å². The highest BCUT2D eigenvalue weighted by molar-refractivity contribution is 5.90. The number of cyclic esters (lactones) is 1. The molecule has 2 aliphatic heterocycles. The van der Waals surface area contributed by atoms with E-state index in [4.69, 9.17) is 9.26 Å². The van der Waals surface area contributed by atoms with Crippen molar-refractivity contribution in [3.8, 4) is 11.4 Å². The third-order valence-electron chi connectivity index (χ3n) is 5.77. The molecule has 2 aliphatic rings. The van der Waals surface area contributed by atoms with Crippen LogP contribution in [-0.2, 0) is 20.7 Å². The van der Waals surface area contributed by atoms with E-state index >= 15 is 0 Å². The molecule has 1 unspecified atom stereocenters. The number of rotatable bonds is 5. The lowest BCUT2D eigenvalue weighted by Gasteiger charge is -2.31. The number of esters is 1. The van der Waals surface area contributed by atoms with Crippen molar-refractivity contribution < 1.29 is 18.8 Å². The average molecular weight is 383 g/mol. The molecule has 7 heteroatoms. The van der Waals surface area contributed by atoms with E-state index in [1.807, 2.05) is 12.1 Å². The molecule has 7 nitrogen and oxygen atoms in total. The second kappa shape index (κ2) is 7.37. The number of likely N-dealkylation sites (tertiary alicyclic amines) is 1. The van der Waals surface area contributed by atoms with Gasteiger partial charge in [-0.25, -0.2) is 4.79 Å². The Morgan fingerprint density at radius 2 is 2.04 bits per heavy atom. The number of aryl methyl sites for hydroxylation is 1. The molecule has 1 atom stereocenters. The molecule has 1 amide bonds. The van der Waals surface area contributed by atoms with Gasteiger partial charge in [-0.2, -0.15) is 4.98 Å². The molecule has 0 N–H and O–H groups in total. The van der Waals surface area contributed by atoms with Crippen molar-refractivity contribution in [2.75, 3.05) is 13.2 Å². The minimum Gasteiger partial charge on any atom is -0.464 e. The average Bonchev–Trinajstić information content (AvgIpc) is 3.42. The summed E-state index contributed by atoms with van der Waals surface area (Å²) in [5.41, 5.74) is 1.40. The number of hydrogen-bond donors (Lipinski definition) is 0. The molecule has 1 aromatic heterocycles. The summed E-state index contributed by atoms with van der Waals surface area (Å²) in [6, 6.07) is 8.09. The molecular weight excluding hydrogens is 358 g/mol. The van der Waals surface area contributed by atoms with Gasteiger partial charge in [0.2, 0.25) is 17.6 Å². The Labute approximate surface area is 164 Å². The van der Waals surface area contributed by atoms with Gasteiger partial charge in [0.15, 0.2) is 0 Å². The Balaban J connectivity index is 1.39. The first-order valence-corrected chi connectivity index (χ1v) is 9.90. The van der Waals surface area contributed by atoms with Crippen LogP contribution < -0.4 is 0 Å². The third kappa shape index (κ3) is 3.30. The summed E-state index contributed by atoms with van der Waals surface area (Å²) in [4.78, 5) is 31.0. The summed E-state index contributed by atoms with van der Waals surface area (Å²) >= 11 is 0. The van der Waals surface area contributed by atoms with Gasteiger partial charge >= 0.3 is 5.97 Å². The topological polar surface area (TPSA) is 85.5 Å². The number of carbonyl (C=O) groups is 2. The summed E-state index contributed by atoms with van der Waals surface area (Å²) in [6.07, 6.45) is 2.71. The van der Waals surface area contributed by atoms with Crippen molar-refractivity contribution in [1.29, 1.82) is 0 Å². The number of aromatic nitrogens is 2. The van der Waals surface area contributed by atoms with Crippen LogP contribution in [0.2, 0.25) is 0 Å². The largest absolute Gasteiger partial charge is 0.464 e. The van der Waals surface area contributed by atoms with E-state index in [-0.39, 0.29) is 18.3 Å². The molecular formula is C21H25N3O4. The van der Waals surface area contributed by atoms with Crippen molar-refractivity contribution in [1.82, 2.24) is 15.0 Å². The van der Waals surface area contributed by atoms with Crippen LogP contribution in [0.4, 0.5) is 0 Å². The van der Waals surface area contributed by atoms with E-state index < -0.39 is 5.54 Å². The highest BCUT2D eigenvalue weighted by Crippen LogP contribution is 2.38. The zero-order valence-electron chi connectivity index (χ0n) is 16.3. The quantitative estimate of drug-likeness (QED) is 0.738. The maximum Gasteiger partial charge on any atom is 0.332 e. The van der Waals surface area contributed by atoms with Crippen LogP contribution in [-0.4, -0.2) is 45.6 Å². The van der Waals surface area contributed by atoms with Crippen molar-refractivity contribution >= 4 is 11.9 Å². The molecule has 1 aromatic carbocycles. The Morgan fingerprint density at radius 1 is 1.25 bits per heavy atom.